The zero-order valence-corrected chi connectivity index (χ0v) is 11.2. The Morgan fingerprint density at radius 1 is 1.05 bits per heavy atom. The van der Waals surface area contributed by atoms with E-state index in [2.05, 4.69) is 6.58 Å². The van der Waals surface area contributed by atoms with Crippen LogP contribution in [0.3, 0.4) is 0 Å². The topological polar surface area (TPSA) is 26.3 Å². The van der Waals surface area contributed by atoms with Crippen molar-refractivity contribution in [3.63, 3.8) is 0 Å². The zero-order valence-electron chi connectivity index (χ0n) is 11.2. The Morgan fingerprint density at radius 3 is 2.40 bits per heavy atom. The van der Waals surface area contributed by atoms with Crippen LogP contribution < -0.4 is 4.74 Å². The molecule has 0 saturated heterocycles. The van der Waals surface area contributed by atoms with E-state index in [0.29, 0.717) is 12.2 Å². The molecule has 0 aromatic heterocycles. The van der Waals surface area contributed by atoms with Crippen LogP contribution in [0.4, 0.5) is 0 Å². The van der Waals surface area contributed by atoms with E-state index in [0.717, 1.165) is 11.3 Å². The van der Waals surface area contributed by atoms with Gasteiger partial charge < -0.3 is 4.74 Å². The van der Waals surface area contributed by atoms with Gasteiger partial charge in [-0.15, -0.1) is 0 Å². The van der Waals surface area contributed by atoms with Gasteiger partial charge in [-0.05, 0) is 23.8 Å². The highest BCUT2D eigenvalue weighted by molar-refractivity contribution is 6.06. The minimum atomic E-state index is -0.00224. The average molecular weight is 264 g/mol. The summed E-state index contributed by atoms with van der Waals surface area (Å²) in [6, 6.07) is 16.8. The summed E-state index contributed by atoms with van der Waals surface area (Å²) in [6.07, 6.45) is 5.08. The van der Waals surface area contributed by atoms with Crippen molar-refractivity contribution in [1.29, 1.82) is 0 Å². The lowest BCUT2D eigenvalue weighted by Crippen LogP contribution is -1.93. The highest BCUT2D eigenvalue weighted by atomic mass is 16.5. The van der Waals surface area contributed by atoms with Gasteiger partial charge in [-0.2, -0.15) is 0 Å². The highest BCUT2D eigenvalue weighted by Crippen LogP contribution is 2.13. The average Bonchev–Trinajstić information content (AvgIpc) is 2.52. The molecule has 0 N–H and O–H groups in total. The van der Waals surface area contributed by atoms with Crippen LogP contribution in [0.1, 0.15) is 15.9 Å². The molecule has 2 aromatic carbocycles. The van der Waals surface area contributed by atoms with Crippen molar-refractivity contribution in [2.24, 2.45) is 0 Å². The zero-order chi connectivity index (χ0) is 14.2. The van der Waals surface area contributed by atoms with Crippen LogP contribution in [-0.2, 0) is 0 Å². The molecule has 0 atom stereocenters. The second-order valence-corrected chi connectivity index (χ2v) is 4.23. The number of carbonyl (C=O) groups excluding carboxylic acids is 1. The summed E-state index contributed by atoms with van der Waals surface area (Å²) in [7, 11) is 0. The largest absolute Gasteiger partial charge is 0.490 e. The van der Waals surface area contributed by atoms with E-state index in [1.54, 1.807) is 30.4 Å². The Balaban J connectivity index is 2.01. The fraction of sp³-hybridized carbons (Fsp3) is 0.0556. The van der Waals surface area contributed by atoms with Gasteiger partial charge in [-0.3, -0.25) is 4.79 Å². The lowest BCUT2D eigenvalue weighted by Gasteiger charge is -2.02. The van der Waals surface area contributed by atoms with Crippen LogP contribution >= 0.6 is 0 Å². The first-order valence-electron chi connectivity index (χ1n) is 6.41. The van der Waals surface area contributed by atoms with Crippen molar-refractivity contribution in [3.8, 4) is 5.75 Å². The van der Waals surface area contributed by atoms with Gasteiger partial charge in [0.25, 0.3) is 0 Å². The SMILES string of the molecule is C=CCOc1ccc(/C=C/C(=O)c2ccccc2)cc1. The van der Waals surface area contributed by atoms with Crippen molar-refractivity contribution in [3.05, 3.63) is 84.5 Å². The van der Waals surface area contributed by atoms with Crippen LogP contribution in [0, 0.1) is 0 Å². The van der Waals surface area contributed by atoms with Crippen molar-refractivity contribution < 1.29 is 9.53 Å². The van der Waals surface area contributed by atoms with Gasteiger partial charge in [-0.25, -0.2) is 0 Å². The molecule has 0 spiro atoms. The molecule has 0 bridgehead atoms. The summed E-state index contributed by atoms with van der Waals surface area (Å²) >= 11 is 0. The van der Waals surface area contributed by atoms with Gasteiger partial charge in [-0.1, -0.05) is 61.2 Å². The molecule has 2 nitrogen and oxygen atoms in total. The van der Waals surface area contributed by atoms with Crippen LogP contribution in [0.2, 0.25) is 0 Å². The molecule has 0 radical (unpaired) electrons. The first-order valence-corrected chi connectivity index (χ1v) is 6.41. The van der Waals surface area contributed by atoms with Gasteiger partial charge >= 0.3 is 0 Å². The van der Waals surface area contributed by atoms with E-state index in [-0.39, 0.29) is 5.78 Å². The summed E-state index contributed by atoms with van der Waals surface area (Å²) < 4.78 is 5.40. The van der Waals surface area contributed by atoms with Crippen LogP contribution in [-0.4, -0.2) is 12.4 Å². The van der Waals surface area contributed by atoms with Crippen molar-refractivity contribution in [1.82, 2.24) is 0 Å². The first kappa shape index (κ1) is 13.8. The molecule has 2 heteroatoms. The lowest BCUT2D eigenvalue weighted by molar-refractivity contribution is 0.104. The molecular weight excluding hydrogens is 248 g/mol. The number of hydrogen-bond acceptors (Lipinski definition) is 2. The monoisotopic (exact) mass is 264 g/mol. The molecule has 0 aliphatic heterocycles. The van der Waals surface area contributed by atoms with E-state index in [9.17, 15) is 4.79 Å². The van der Waals surface area contributed by atoms with Crippen molar-refractivity contribution in [2.45, 2.75) is 0 Å². The maximum absolute atomic E-state index is 11.9. The molecule has 0 amide bonds. The Kier molecular flexibility index (Phi) is 4.90. The fourth-order valence-corrected chi connectivity index (χ4v) is 1.70. The third kappa shape index (κ3) is 3.95. The summed E-state index contributed by atoms with van der Waals surface area (Å²) in [5, 5.41) is 0. The third-order valence-electron chi connectivity index (χ3n) is 2.73. The van der Waals surface area contributed by atoms with Crippen LogP contribution in [0.25, 0.3) is 6.08 Å². The minimum Gasteiger partial charge on any atom is -0.490 e. The van der Waals surface area contributed by atoms with E-state index in [1.807, 2.05) is 42.5 Å². The van der Waals surface area contributed by atoms with E-state index < -0.39 is 0 Å². The van der Waals surface area contributed by atoms with Gasteiger partial charge in [0, 0.05) is 5.56 Å². The number of carbonyl (C=O) groups is 1. The molecular formula is C18H16O2. The summed E-state index contributed by atoms with van der Waals surface area (Å²) in [5.41, 5.74) is 1.65. The Morgan fingerprint density at radius 2 is 1.75 bits per heavy atom. The van der Waals surface area contributed by atoms with Crippen LogP contribution in [0.5, 0.6) is 5.75 Å². The quantitative estimate of drug-likeness (QED) is 0.445. The van der Waals surface area contributed by atoms with Gasteiger partial charge in [0.05, 0.1) is 0 Å². The van der Waals surface area contributed by atoms with Crippen molar-refractivity contribution >= 4 is 11.9 Å². The summed E-state index contributed by atoms with van der Waals surface area (Å²) in [6.45, 7) is 4.09. The first-order chi connectivity index (χ1) is 9.79. The van der Waals surface area contributed by atoms with Crippen LogP contribution in [0.15, 0.2) is 73.3 Å². The smallest absolute Gasteiger partial charge is 0.185 e. The number of hydrogen-bond donors (Lipinski definition) is 0. The number of rotatable bonds is 6. The highest BCUT2D eigenvalue weighted by Gasteiger charge is 1.99. The molecule has 0 saturated carbocycles. The Bertz CT molecular complexity index is 595. The van der Waals surface area contributed by atoms with Gasteiger partial charge in [0.15, 0.2) is 5.78 Å². The van der Waals surface area contributed by atoms with E-state index in [4.69, 9.17) is 4.74 Å². The lowest BCUT2D eigenvalue weighted by atomic mass is 10.1. The third-order valence-corrected chi connectivity index (χ3v) is 2.73. The molecule has 0 aliphatic carbocycles. The normalized spacial score (nSPS) is 10.4. The standard InChI is InChI=1S/C18H16O2/c1-2-14-20-17-11-8-15(9-12-17)10-13-18(19)16-6-4-3-5-7-16/h2-13H,1,14H2/b13-10+. The molecule has 0 unspecified atom stereocenters. The number of benzene rings is 2. The second kappa shape index (κ2) is 7.10. The molecule has 0 aliphatic rings. The van der Waals surface area contributed by atoms with Gasteiger partial charge in [0.1, 0.15) is 12.4 Å². The van der Waals surface area contributed by atoms with Crippen molar-refractivity contribution in [2.75, 3.05) is 6.61 Å². The maximum Gasteiger partial charge on any atom is 0.185 e. The molecule has 20 heavy (non-hydrogen) atoms. The predicted molar refractivity (Wildman–Crippen MR) is 81.9 cm³/mol. The summed E-state index contributed by atoms with van der Waals surface area (Å²) in [5.74, 6) is 0.786. The van der Waals surface area contributed by atoms with Gasteiger partial charge in [0.2, 0.25) is 0 Å². The predicted octanol–water partition coefficient (Wildman–Crippen LogP) is 4.15. The molecule has 0 fully saturated rings. The molecule has 100 valence electrons. The number of ether oxygens (including phenoxy) is 1. The fourth-order valence-electron chi connectivity index (χ4n) is 1.70. The second-order valence-electron chi connectivity index (χ2n) is 4.23. The summed E-state index contributed by atoms with van der Waals surface area (Å²) in [4.78, 5) is 11.9. The Hall–Kier alpha value is -2.61. The maximum atomic E-state index is 11.9. The van der Waals surface area contributed by atoms with E-state index >= 15 is 0 Å². The molecule has 2 rings (SSSR count). The minimum absolute atomic E-state index is 0.00224. The molecule has 0 heterocycles. The number of allylic oxidation sites excluding steroid dienone is 1. The van der Waals surface area contributed by atoms with E-state index in [1.165, 1.54) is 0 Å². The Labute approximate surface area is 119 Å². The number of ketones is 1. The molecule has 2 aromatic rings.